The average Bonchev–Trinajstić information content (AvgIpc) is 3.24. The molecule has 376 valence electrons. The molecule has 0 saturated carbocycles. The standard InChI is InChI=1S/C47H84N4O14/c1-6-8-10-12-14-16-17-19-21-23-25-27-39(55)64-35(26-24-22-20-18-15-13-11-9-7-2)30-40(56)62-31-37-42(57)43(41(47(61)65-37)50-34(5)52)63-33(4)46(60)49-32(3)45(59)51-36(44(48)58)28-29-38(53)54/h32-33,35-37,41-43,47,57,61H,6-31H2,1-5H3,(H2,48,58)(H,49,60)(H,50,52)(H,51,59)(H,53,54)/t32-,33?,35+,36+,37+,41+,42+,43-,47?/m0/s1. The van der Waals surface area contributed by atoms with Crippen LogP contribution in [0.3, 0.4) is 0 Å². The number of carbonyl (C=O) groups excluding carboxylic acids is 6. The Balaban J connectivity index is 2.86. The van der Waals surface area contributed by atoms with Gasteiger partial charge in [0.2, 0.25) is 23.6 Å². The predicted octanol–water partition coefficient (Wildman–Crippen LogP) is 5.15. The number of hydrogen-bond acceptors (Lipinski definition) is 13. The lowest BCUT2D eigenvalue weighted by molar-refractivity contribution is -0.267. The number of aliphatic carboxylic acids is 1. The molecule has 0 aliphatic carbocycles. The molecule has 0 aromatic heterocycles. The monoisotopic (exact) mass is 929 g/mol. The van der Waals surface area contributed by atoms with Crippen molar-refractivity contribution in [1.82, 2.24) is 16.0 Å². The summed E-state index contributed by atoms with van der Waals surface area (Å²) < 4.78 is 22.7. The van der Waals surface area contributed by atoms with E-state index in [0.717, 1.165) is 51.9 Å². The normalized spacial score (nSPS) is 20.1. The van der Waals surface area contributed by atoms with Crippen molar-refractivity contribution < 1.29 is 67.8 Å². The number of nitrogens with one attached hydrogen (secondary N) is 3. The van der Waals surface area contributed by atoms with Crippen LogP contribution in [0, 0.1) is 0 Å². The summed E-state index contributed by atoms with van der Waals surface area (Å²) in [6.45, 7) is 7.60. The molecule has 0 bridgehead atoms. The minimum Gasteiger partial charge on any atom is -0.481 e. The summed E-state index contributed by atoms with van der Waals surface area (Å²) in [5.41, 5.74) is 5.29. The molecular formula is C47H84N4O14. The fourth-order valence-corrected chi connectivity index (χ4v) is 7.65. The Bertz CT molecular complexity index is 1400. The zero-order valence-corrected chi connectivity index (χ0v) is 40.0. The van der Waals surface area contributed by atoms with Crippen molar-refractivity contribution in [2.75, 3.05) is 6.61 Å². The highest BCUT2D eigenvalue weighted by atomic mass is 16.6. The number of carboxylic acid groups (broad SMARTS) is 1. The first-order valence-corrected chi connectivity index (χ1v) is 24.4. The summed E-state index contributed by atoms with van der Waals surface area (Å²) in [7, 11) is 0. The van der Waals surface area contributed by atoms with E-state index in [9.17, 15) is 43.8 Å². The Kier molecular flexibility index (Phi) is 32.2. The number of ether oxygens (including phenoxy) is 4. The minimum atomic E-state index is -1.77. The summed E-state index contributed by atoms with van der Waals surface area (Å²) in [6.07, 6.45) is 13.9. The molecule has 1 aliphatic heterocycles. The second-order valence-electron chi connectivity index (χ2n) is 17.6. The number of amides is 4. The van der Waals surface area contributed by atoms with Gasteiger partial charge in [-0.05, 0) is 39.5 Å². The van der Waals surface area contributed by atoms with E-state index < -0.39 is 104 Å². The first-order valence-electron chi connectivity index (χ1n) is 24.4. The van der Waals surface area contributed by atoms with Crippen LogP contribution in [0.25, 0.3) is 0 Å². The third-order valence-electron chi connectivity index (χ3n) is 11.6. The molecule has 65 heavy (non-hydrogen) atoms. The van der Waals surface area contributed by atoms with Crippen LogP contribution in [-0.4, -0.2) is 118 Å². The lowest BCUT2D eigenvalue weighted by atomic mass is 9.96. The first kappa shape index (κ1) is 59.1. The highest BCUT2D eigenvalue weighted by Gasteiger charge is 2.47. The lowest BCUT2D eigenvalue weighted by Gasteiger charge is -2.43. The molecule has 4 amide bonds. The number of nitrogens with two attached hydrogens (primary N) is 1. The first-order chi connectivity index (χ1) is 31.0. The maximum Gasteiger partial charge on any atom is 0.309 e. The molecule has 1 saturated heterocycles. The Labute approximate surface area is 386 Å². The second-order valence-corrected chi connectivity index (χ2v) is 17.6. The Morgan fingerprint density at radius 2 is 1.20 bits per heavy atom. The number of esters is 2. The zero-order chi connectivity index (χ0) is 48.6. The molecule has 9 atom stereocenters. The molecule has 1 fully saturated rings. The maximum atomic E-state index is 13.2. The summed E-state index contributed by atoms with van der Waals surface area (Å²) in [5, 5.41) is 38.3. The molecule has 0 aromatic rings. The van der Waals surface area contributed by atoms with Crippen LogP contribution in [0.1, 0.15) is 195 Å². The van der Waals surface area contributed by atoms with Gasteiger partial charge in [0, 0.05) is 19.8 Å². The number of aliphatic hydroxyl groups is 2. The van der Waals surface area contributed by atoms with Crippen molar-refractivity contribution in [3.63, 3.8) is 0 Å². The Hall–Kier alpha value is -3.87. The smallest absolute Gasteiger partial charge is 0.309 e. The van der Waals surface area contributed by atoms with Gasteiger partial charge >= 0.3 is 17.9 Å². The predicted molar refractivity (Wildman–Crippen MR) is 243 cm³/mol. The van der Waals surface area contributed by atoms with Crippen molar-refractivity contribution in [3.8, 4) is 0 Å². The van der Waals surface area contributed by atoms with Gasteiger partial charge in [0.25, 0.3) is 0 Å². The van der Waals surface area contributed by atoms with E-state index in [2.05, 4.69) is 29.8 Å². The van der Waals surface area contributed by atoms with Crippen molar-refractivity contribution in [2.45, 2.75) is 250 Å². The van der Waals surface area contributed by atoms with Crippen LogP contribution < -0.4 is 21.7 Å². The lowest BCUT2D eigenvalue weighted by Crippen LogP contribution is -2.66. The van der Waals surface area contributed by atoms with E-state index in [0.29, 0.717) is 12.8 Å². The summed E-state index contributed by atoms with van der Waals surface area (Å²) in [5.74, 6) is -5.57. The number of rotatable bonds is 38. The zero-order valence-electron chi connectivity index (χ0n) is 40.0. The van der Waals surface area contributed by atoms with E-state index in [-0.39, 0.29) is 25.2 Å². The van der Waals surface area contributed by atoms with Gasteiger partial charge in [0.1, 0.15) is 55.3 Å². The molecule has 0 radical (unpaired) electrons. The molecule has 0 spiro atoms. The van der Waals surface area contributed by atoms with Gasteiger partial charge in [-0.2, -0.15) is 0 Å². The SMILES string of the molecule is CCCCCCCCCCCCCC(=O)O[C@H](CCCCCCCCCCC)CC(=O)OC[C@H]1OC(O)[C@H](NC(C)=O)[C@H](OC(C)C(=O)N[C@@H](C)C(=O)N[C@H](CCC(=O)O)C(N)=O)[C@@H]1O. The number of aliphatic hydroxyl groups excluding tert-OH is 2. The van der Waals surface area contributed by atoms with Gasteiger partial charge in [0.15, 0.2) is 6.29 Å². The van der Waals surface area contributed by atoms with E-state index in [1.54, 1.807) is 0 Å². The fourth-order valence-electron chi connectivity index (χ4n) is 7.65. The Morgan fingerprint density at radius 1 is 0.677 bits per heavy atom. The molecule has 18 nitrogen and oxygen atoms in total. The number of carbonyl (C=O) groups is 7. The van der Waals surface area contributed by atoms with Gasteiger partial charge in [-0.15, -0.1) is 0 Å². The van der Waals surface area contributed by atoms with Gasteiger partial charge < -0.3 is 56.0 Å². The summed E-state index contributed by atoms with van der Waals surface area (Å²) >= 11 is 0. The topological polar surface area (TPSA) is 279 Å². The van der Waals surface area contributed by atoms with Crippen LogP contribution >= 0.6 is 0 Å². The van der Waals surface area contributed by atoms with E-state index in [4.69, 9.17) is 29.8 Å². The number of hydrogen-bond donors (Lipinski definition) is 7. The van der Waals surface area contributed by atoms with Gasteiger partial charge in [-0.25, -0.2) is 0 Å². The quantitative estimate of drug-likeness (QED) is 0.0312. The number of primary amides is 1. The van der Waals surface area contributed by atoms with E-state index in [1.807, 2.05) is 0 Å². The molecule has 8 N–H and O–H groups in total. The molecule has 1 heterocycles. The fraction of sp³-hybridized carbons (Fsp3) is 0.851. The van der Waals surface area contributed by atoms with Gasteiger partial charge in [-0.3, -0.25) is 33.6 Å². The van der Waals surface area contributed by atoms with Crippen LogP contribution in [0.5, 0.6) is 0 Å². The Morgan fingerprint density at radius 3 is 1.71 bits per heavy atom. The number of carboxylic acids is 1. The van der Waals surface area contributed by atoms with Crippen LogP contribution in [-0.2, 0) is 52.5 Å². The highest BCUT2D eigenvalue weighted by Crippen LogP contribution is 2.25. The molecule has 0 aromatic carbocycles. The van der Waals surface area contributed by atoms with Gasteiger partial charge in [0.05, 0.1) is 6.42 Å². The summed E-state index contributed by atoms with van der Waals surface area (Å²) in [6, 6.07) is -3.94. The van der Waals surface area contributed by atoms with Crippen LogP contribution in [0.15, 0.2) is 0 Å². The van der Waals surface area contributed by atoms with Crippen molar-refractivity contribution >= 4 is 41.5 Å². The number of unbranched alkanes of at least 4 members (excludes halogenated alkanes) is 18. The second kappa shape index (κ2) is 35.3. The van der Waals surface area contributed by atoms with Crippen molar-refractivity contribution in [2.24, 2.45) is 5.73 Å². The molecule has 2 unspecified atom stereocenters. The van der Waals surface area contributed by atoms with Crippen molar-refractivity contribution in [3.05, 3.63) is 0 Å². The highest BCUT2D eigenvalue weighted by molar-refractivity contribution is 5.92. The average molecular weight is 929 g/mol. The largest absolute Gasteiger partial charge is 0.481 e. The van der Waals surface area contributed by atoms with Crippen LogP contribution in [0.4, 0.5) is 0 Å². The third kappa shape index (κ3) is 27.4. The molecule has 1 aliphatic rings. The van der Waals surface area contributed by atoms with E-state index >= 15 is 0 Å². The van der Waals surface area contributed by atoms with Crippen LogP contribution in [0.2, 0.25) is 0 Å². The maximum absolute atomic E-state index is 13.2. The van der Waals surface area contributed by atoms with Gasteiger partial charge in [-0.1, -0.05) is 129 Å². The molecule has 18 heteroatoms. The molecule has 1 rings (SSSR count). The summed E-state index contributed by atoms with van der Waals surface area (Å²) in [4.78, 5) is 86.8. The van der Waals surface area contributed by atoms with E-state index in [1.165, 1.54) is 90.9 Å². The minimum absolute atomic E-state index is 0.233. The third-order valence-corrected chi connectivity index (χ3v) is 11.6. The van der Waals surface area contributed by atoms with Crippen molar-refractivity contribution in [1.29, 1.82) is 0 Å². The molecular weight excluding hydrogens is 845 g/mol.